The lowest BCUT2D eigenvalue weighted by Gasteiger charge is -2.11. The summed E-state index contributed by atoms with van der Waals surface area (Å²) < 4.78 is 5.52. The Balaban J connectivity index is 0.00000200. The predicted octanol–water partition coefficient (Wildman–Crippen LogP) is 2.12. The fraction of sp³-hybridized carbons (Fsp3) is 0.533. The summed E-state index contributed by atoms with van der Waals surface area (Å²) in [5, 5.41) is 6.09. The molecule has 1 aromatic rings. The maximum Gasteiger partial charge on any atom is 0.234 e. The molecule has 2 N–H and O–H groups in total. The molecule has 0 bridgehead atoms. The molecular weight excluding hydrogens is 276 g/mol. The number of benzene rings is 1. The minimum Gasteiger partial charge on any atom is -0.494 e. The normalized spacial score (nSPS) is 13.4. The summed E-state index contributed by atoms with van der Waals surface area (Å²) in [6.07, 6.45) is 2.60. The molecule has 1 aliphatic carbocycles. The number of para-hydroxylation sites is 1. The van der Waals surface area contributed by atoms with Gasteiger partial charge >= 0.3 is 0 Å². The summed E-state index contributed by atoms with van der Waals surface area (Å²) in [6.45, 7) is 4.46. The third kappa shape index (κ3) is 5.80. The zero-order valence-corrected chi connectivity index (χ0v) is 12.7. The first-order chi connectivity index (χ1) is 9.29. The molecule has 0 unspecified atom stereocenters. The first-order valence-corrected chi connectivity index (χ1v) is 6.97. The molecule has 1 aromatic carbocycles. The molecule has 0 radical (unpaired) electrons. The van der Waals surface area contributed by atoms with Crippen molar-refractivity contribution in [1.82, 2.24) is 10.6 Å². The van der Waals surface area contributed by atoms with Crippen LogP contribution < -0.4 is 15.4 Å². The molecule has 1 aliphatic rings. The van der Waals surface area contributed by atoms with E-state index in [1.165, 1.54) is 12.8 Å². The first-order valence-electron chi connectivity index (χ1n) is 6.97. The van der Waals surface area contributed by atoms with Crippen LogP contribution in [0.4, 0.5) is 0 Å². The number of rotatable bonds is 8. The zero-order valence-electron chi connectivity index (χ0n) is 11.9. The quantitative estimate of drug-likeness (QED) is 0.773. The molecule has 5 heteroatoms. The molecule has 0 aromatic heterocycles. The second-order valence-corrected chi connectivity index (χ2v) is 4.89. The Bertz CT molecular complexity index is 422. The third-order valence-corrected chi connectivity index (χ3v) is 3.16. The van der Waals surface area contributed by atoms with E-state index in [0.717, 1.165) is 23.8 Å². The van der Waals surface area contributed by atoms with E-state index >= 15 is 0 Å². The van der Waals surface area contributed by atoms with Crippen LogP contribution in [0.3, 0.4) is 0 Å². The summed E-state index contributed by atoms with van der Waals surface area (Å²) in [5.74, 6) is 1.68. The Morgan fingerprint density at radius 3 is 2.80 bits per heavy atom. The molecule has 0 aliphatic heterocycles. The first kappa shape index (κ1) is 16.8. The van der Waals surface area contributed by atoms with Crippen molar-refractivity contribution in [2.24, 2.45) is 5.92 Å². The van der Waals surface area contributed by atoms with Crippen molar-refractivity contribution in [2.75, 3.05) is 19.7 Å². The minimum atomic E-state index is 0. The highest BCUT2D eigenvalue weighted by atomic mass is 35.5. The monoisotopic (exact) mass is 298 g/mol. The number of halogens is 1. The highest BCUT2D eigenvalue weighted by molar-refractivity contribution is 5.85. The van der Waals surface area contributed by atoms with Gasteiger partial charge in [-0.25, -0.2) is 0 Å². The SMILES string of the molecule is CCOc1ccccc1CNC(=O)CNCC1CC1.Cl. The molecular formula is C15H23ClN2O2. The summed E-state index contributed by atoms with van der Waals surface area (Å²) in [4.78, 5) is 11.7. The van der Waals surface area contributed by atoms with E-state index in [1.807, 2.05) is 31.2 Å². The molecule has 0 saturated heterocycles. The topological polar surface area (TPSA) is 50.4 Å². The Kier molecular flexibility index (Phi) is 7.41. The number of nitrogens with one attached hydrogen (secondary N) is 2. The largest absolute Gasteiger partial charge is 0.494 e. The van der Waals surface area contributed by atoms with Crippen LogP contribution in [-0.4, -0.2) is 25.6 Å². The zero-order chi connectivity index (χ0) is 13.5. The Morgan fingerprint density at radius 2 is 2.10 bits per heavy atom. The number of carbonyl (C=O) groups excluding carboxylic acids is 1. The highest BCUT2D eigenvalue weighted by Gasteiger charge is 2.20. The van der Waals surface area contributed by atoms with Crippen LogP contribution >= 0.6 is 12.4 Å². The van der Waals surface area contributed by atoms with Gasteiger partial charge < -0.3 is 15.4 Å². The smallest absolute Gasteiger partial charge is 0.234 e. The summed E-state index contributed by atoms with van der Waals surface area (Å²) in [5.41, 5.74) is 1.01. The molecule has 0 spiro atoms. The van der Waals surface area contributed by atoms with Gasteiger partial charge in [-0.15, -0.1) is 12.4 Å². The molecule has 0 atom stereocenters. The van der Waals surface area contributed by atoms with Crippen molar-refractivity contribution < 1.29 is 9.53 Å². The van der Waals surface area contributed by atoms with Crippen LogP contribution in [0.15, 0.2) is 24.3 Å². The van der Waals surface area contributed by atoms with Gasteiger partial charge in [0.2, 0.25) is 5.91 Å². The van der Waals surface area contributed by atoms with Gasteiger partial charge in [0.15, 0.2) is 0 Å². The molecule has 0 heterocycles. The second kappa shape index (κ2) is 8.82. The van der Waals surface area contributed by atoms with E-state index in [2.05, 4.69) is 10.6 Å². The Labute approximate surface area is 126 Å². The number of hydrogen-bond acceptors (Lipinski definition) is 3. The maximum absolute atomic E-state index is 11.7. The van der Waals surface area contributed by atoms with E-state index in [4.69, 9.17) is 4.74 Å². The molecule has 20 heavy (non-hydrogen) atoms. The average molecular weight is 299 g/mol. The number of hydrogen-bond donors (Lipinski definition) is 2. The van der Waals surface area contributed by atoms with Crippen molar-refractivity contribution in [2.45, 2.75) is 26.3 Å². The van der Waals surface area contributed by atoms with E-state index in [9.17, 15) is 4.79 Å². The number of amides is 1. The van der Waals surface area contributed by atoms with E-state index in [-0.39, 0.29) is 18.3 Å². The van der Waals surface area contributed by atoms with Crippen LogP contribution in [0.1, 0.15) is 25.3 Å². The fourth-order valence-electron chi connectivity index (χ4n) is 1.91. The van der Waals surface area contributed by atoms with Crippen LogP contribution in [-0.2, 0) is 11.3 Å². The molecule has 4 nitrogen and oxygen atoms in total. The Hall–Kier alpha value is -1.26. The van der Waals surface area contributed by atoms with Gasteiger partial charge in [0.25, 0.3) is 0 Å². The van der Waals surface area contributed by atoms with Crippen LogP contribution in [0.2, 0.25) is 0 Å². The van der Waals surface area contributed by atoms with E-state index in [1.54, 1.807) is 0 Å². The Morgan fingerprint density at radius 1 is 1.35 bits per heavy atom. The van der Waals surface area contributed by atoms with Gasteiger partial charge in [0.1, 0.15) is 5.75 Å². The standard InChI is InChI=1S/C15H22N2O2.ClH/c1-2-19-14-6-4-3-5-13(14)10-17-15(18)11-16-9-12-7-8-12;/h3-6,12,16H,2,7-11H2,1H3,(H,17,18);1H. The summed E-state index contributed by atoms with van der Waals surface area (Å²) in [7, 11) is 0. The van der Waals surface area contributed by atoms with Crippen LogP contribution in [0.25, 0.3) is 0 Å². The molecule has 112 valence electrons. The van der Waals surface area contributed by atoms with Gasteiger partial charge in [0.05, 0.1) is 13.2 Å². The minimum absolute atomic E-state index is 0. The van der Waals surface area contributed by atoms with Gasteiger partial charge in [-0.3, -0.25) is 4.79 Å². The average Bonchev–Trinajstić information content (AvgIpc) is 3.22. The number of ether oxygens (including phenoxy) is 1. The van der Waals surface area contributed by atoms with Crippen molar-refractivity contribution in [1.29, 1.82) is 0 Å². The number of carbonyl (C=O) groups is 1. The van der Waals surface area contributed by atoms with Gasteiger partial charge in [0, 0.05) is 12.1 Å². The summed E-state index contributed by atoms with van der Waals surface area (Å²) >= 11 is 0. The van der Waals surface area contributed by atoms with Gasteiger partial charge in [-0.2, -0.15) is 0 Å². The molecule has 1 amide bonds. The third-order valence-electron chi connectivity index (χ3n) is 3.16. The van der Waals surface area contributed by atoms with E-state index in [0.29, 0.717) is 19.7 Å². The predicted molar refractivity (Wildman–Crippen MR) is 82.3 cm³/mol. The van der Waals surface area contributed by atoms with Crippen molar-refractivity contribution in [3.05, 3.63) is 29.8 Å². The lowest BCUT2D eigenvalue weighted by atomic mass is 10.2. The fourth-order valence-corrected chi connectivity index (χ4v) is 1.91. The van der Waals surface area contributed by atoms with Crippen molar-refractivity contribution in [3.8, 4) is 5.75 Å². The lowest BCUT2D eigenvalue weighted by Crippen LogP contribution is -2.34. The lowest BCUT2D eigenvalue weighted by molar-refractivity contribution is -0.120. The molecule has 1 fully saturated rings. The molecule has 1 saturated carbocycles. The van der Waals surface area contributed by atoms with Crippen molar-refractivity contribution >= 4 is 18.3 Å². The van der Waals surface area contributed by atoms with Crippen molar-refractivity contribution in [3.63, 3.8) is 0 Å². The maximum atomic E-state index is 11.7. The van der Waals surface area contributed by atoms with Gasteiger partial charge in [-0.05, 0) is 38.3 Å². The summed E-state index contributed by atoms with van der Waals surface area (Å²) in [6, 6.07) is 7.79. The second-order valence-electron chi connectivity index (χ2n) is 4.89. The van der Waals surface area contributed by atoms with Gasteiger partial charge in [-0.1, -0.05) is 18.2 Å². The van der Waals surface area contributed by atoms with E-state index < -0.39 is 0 Å². The highest BCUT2D eigenvalue weighted by Crippen LogP contribution is 2.27. The van der Waals surface area contributed by atoms with Crippen LogP contribution in [0.5, 0.6) is 5.75 Å². The molecule has 2 rings (SSSR count). The van der Waals surface area contributed by atoms with Crippen LogP contribution in [0, 0.1) is 5.92 Å².